The maximum absolute atomic E-state index is 13.4. The monoisotopic (exact) mass is 1080 g/mol. The molecule has 0 unspecified atom stereocenters. The highest BCUT2D eigenvalue weighted by Crippen LogP contribution is 2.32. The number of aromatic amines is 2. The summed E-state index contributed by atoms with van der Waals surface area (Å²) in [5.41, 5.74) is 12.5. The molecule has 0 aliphatic carbocycles. The van der Waals surface area contributed by atoms with Gasteiger partial charge in [-0.25, -0.2) is 29.1 Å². The van der Waals surface area contributed by atoms with Crippen LogP contribution in [0, 0.1) is 0 Å². The number of nitrogens with two attached hydrogens (primary N) is 1. The lowest BCUT2D eigenvalue weighted by atomic mass is 10.0. The highest BCUT2D eigenvalue weighted by molar-refractivity contribution is 6.38. The van der Waals surface area contributed by atoms with E-state index in [0.717, 1.165) is 59.0 Å². The number of H-pyrrole nitrogens is 2. The van der Waals surface area contributed by atoms with Crippen LogP contribution in [0.15, 0.2) is 147 Å². The molecule has 76 heavy (non-hydrogen) atoms. The number of carbonyl (C=O) groups excluding carboxylic acids is 3. The van der Waals surface area contributed by atoms with Crippen LogP contribution < -0.4 is 27.0 Å². The molecule has 3 aromatic carbocycles. The number of carboxylic acids is 2. The number of aromatic nitrogens is 6. The number of carbonyl (C=O) groups is 5. The van der Waals surface area contributed by atoms with Crippen molar-refractivity contribution >= 4 is 104 Å². The van der Waals surface area contributed by atoms with E-state index in [9.17, 15) is 24.0 Å². The van der Waals surface area contributed by atoms with Gasteiger partial charge < -0.3 is 47.2 Å². The average Bonchev–Trinajstić information content (AvgIpc) is 4.09. The van der Waals surface area contributed by atoms with Gasteiger partial charge in [-0.15, -0.1) is 0 Å². The number of benzene rings is 3. The lowest BCUT2D eigenvalue weighted by Gasteiger charge is -2.11. The van der Waals surface area contributed by atoms with E-state index in [1.807, 2.05) is 68.8 Å². The maximum atomic E-state index is 13.4. The molecule has 9 aromatic rings. The van der Waals surface area contributed by atoms with E-state index >= 15 is 0 Å². The molecule has 6 heterocycles. The second-order valence-electron chi connectivity index (χ2n) is 16.4. The molecule has 10 N–H and O–H groups in total. The largest absolute Gasteiger partial charge is 0.478 e. The van der Waals surface area contributed by atoms with Crippen LogP contribution in [0.2, 0.25) is 15.1 Å². The van der Waals surface area contributed by atoms with Crippen molar-refractivity contribution in [3.05, 3.63) is 184 Å². The fourth-order valence-corrected chi connectivity index (χ4v) is 7.78. The molecule has 0 radical (unpaired) electrons. The molecule has 18 nitrogen and oxygen atoms in total. The van der Waals surface area contributed by atoms with Crippen LogP contribution in [0.1, 0.15) is 76.2 Å². The quantitative estimate of drug-likeness (QED) is 0.0279. The summed E-state index contributed by atoms with van der Waals surface area (Å²) in [6.07, 6.45) is 17.9. The normalized spacial score (nSPS) is 10.4. The lowest BCUT2D eigenvalue weighted by Crippen LogP contribution is -2.29. The van der Waals surface area contributed by atoms with Gasteiger partial charge >= 0.3 is 24.0 Å². The van der Waals surface area contributed by atoms with Crippen molar-refractivity contribution in [2.45, 2.75) is 39.5 Å². The lowest BCUT2D eigenvalue weighted by molar-refractivity contribution is 0.0686. The number of amides is 4. The molecule has 0 saturated carbocycles. The van der Waals surface area contributed by atoms with Gasteiger partial charge in [-0.1, -0.05) is 91.8 Å². The molecule has 21 heteroatoms. The second-order valence-corrected chi connectivity index (χ2v) is 17.5. The predicted octanol–water partition coefficient (Wildman–Crippen LogP) is 12.6. The number of urea groups is 2. The number of carboxylic acid groups (broad SMARTS) is 2. The number of ketones is 1. The van der Waals surface area contributed by atoms with Crippen molar-refractivity contribution in [1.82, 2.24) is 40.5 Å². The minimum Gasteiger partial charge on any atom is -0.478 e. The number of rotatable bonds is 14. The van der Waals surface area contributed by atoms with Gasteiger partial charge in [0.1, 0.15) is 11.3 Å². The Balaban J connectivity index is 0.000000180. The van der Waals surface area contributed by atoms with Gasteiger partial charge in [-0.3, -0.25) is 14.8 Å². The van der Waals surface area contributed by atoms with Crippen LogP contribution in [0.25, 0.3) is 44.3 Å². The number of anilines is 3. The molecule has 9 rings (SSSR count). The fourth-order valence-electron chi connectivity index (χ4n) is 7.06. The van der Waals surface area contributed by atoms with Gasteiger partial charge in [-0.2, -0.15) is 0 Å². The first-order chi connectivity index (χ1) is 36.7. The van der Waals surface area contributed by atoms with Gasteiger partial charge in [0.15, 0.2) is 5.78 Å². The first kappa shape index (κ1) is 56.5. The number of fused-ring (bicyclic) bond motifs is 2. The molecule has 6 aromatic heterocycles. The van der Waals surface area contributed by atoms with E-state index in [2.05, 4.69) is 57.2 Å². The number of nitrogens with zero attached hydrogens (tertiary/aromatic N) is 4. The molecule has 4 amide bonds. The maximum Gasteiger partial charge on any atom is 0.337 e. The molecular formula is C55H52Cl3N11O7. The van der Waals surface area contributed by atoms with Crippen LogP contribution in [0.5, 0.6) is 0 Å². The summed E-state index contributed by atoms with van der Waals surface area (Å²) in [6.45, 7) is 5.21. The van der Waals surface area contributed by atoms with Gasteiger partial charge in [-0.05, 0) is 79.6 Å². The zero-order chi connectivity index (χ0) is 54.6. The SMILES string of the molecule is CCCCNC(=O)Nc1cccc(C(=O)O)c1Cl.CCCCNC(=O)Nc1cccc(C(=O)c2c[nH]c3ncc(-c4cccnc4)cc23)c1Cl.Nc1cccc(C(=O)O)c1Cl.c1cncc(-c2cnc3[nH]ccc3c2)c1. The van der Waals surface area contributed by atoms with Gasteiger partial charge in [0.25, 0.3) is 0 Å². The van der Waals surface area contributed by atoms with E-state index in [1.165, 1.54) is 18.2 Å². The fraction of sp³-hybridized carbons (Fsp3) is 0.145. The Bertz CT molecular complexity index is 3450. The molecular weight excluding hydrogens is 1030 g/mol. The minimum atomic E-state index is -1.13. The van der Waals surface area contributed by atoms with Crippen LogP contribution in [0.3, 0.4) is 0 Å². The zero-order valence-corrected chi connectivity index (χ0v) is 43.3. The molecule has 0 saturated heterocycles. The summed E-state index contributed by atoms with van der Waals surface area (Å²) >= 11 is 18.0. The summed E-state index contributed by atoms with van der Waals surface area (Å²) in [5.74, 6) is -2.46. The topological polar surface area (TPSA) is 283 Å². The Kier molecular flexibility index (Phi) is 20.8. The Morgan fingerprint density at radius 3 is 1.61 bits per heavy atom. The van der Waals surface area contributed by atoms with Gasteiger partial charge in [0.05, 0.1) is 43.3 Å². The molecule has 0 aliphatic heterocycles. The number of hydrogen-bond donors (Lipinski definition) is 9. The highest BCUT2D eigenvalue weighted by Gasteiger charge is 2.21. The van der Waals surface area contributed by atoms with Gasteiger partial charge in [0.2, 0.25) is 0 Å². The Hall–Kier alpha value is -8.84. The zero-order valence-electron chi connectivity index (χ0n) is 41.0. The Labute approximate surface area is 451 Å². The summed E-state index contributed by atoms with van der Waals surface area (Å²) in [7, 11) is 0. The Morgan fingerprint density at radius 1 is 0.566 bits per heavy atom. The predicted molar refractivity (Wildman–Crippen MR) is 299 cm³/mol. The first-order valence-corrected chi connectivity index (χ1v) is 24.8. The number of aromatic carboxylic acids is 2. The minimum absolute atomic E-state index is 0.0237. The smallest absolute Gasteiger partial charge is 0.337 e. The molecule has 0 fully saturated rings. The summed E-state index contributed by atoms with van der Waals surface area (Å²) in [5, 5.41) is 30.2. The third kappa shape index (κ3) is 15.4. The Morgan fingerprint density at radius 2 is 1.08 bits per heavy atom. The third-order valence-corrected chi connectivity index (χ3v) is 12.3. The third-order valence-electron chi connectivity index (χ3n) is 11.0. The van der Waals surface area contributed by atoms with Crippen molar-refractivity contribution in [2.24, 2.45) is 0 Å². The van der Waals surface area contributed by atoms with Crippen LogP contribution in [-0.4, -0.2) is 83.0 Å². The second kappa shape index (κ2) is 28.0. The van der Waals surface area contributed by atoms with E-state index < -0.39 is 18.0 Å². The van der Waals surface area contributed by atoms with Crippen LogP contribution in [-0.2, 0) is 0 Å². The number of nitrogens with one attached hydrogen (secondary N) is 6. The van der Waals surface area contributed by atoms with Crippen molar-refractivity contribution in [2.75, 3.05) is 29.5 Å². The van der Waals surface area contributed by atoms with Crippen molar-refractivity contribution < 1.29 is 34.2 Å². The molecule has 390 valence electrons. The molecule has 0 atom stereocenters. The van der Waals surface area contributed by atoms with Crippen molar-refractivity contribution in [3.63, 3.8) is 0 Å². The number of halogens is 3. The summed E-state index contributed by atoms with van der Waals surface area (Å²) in [4.78, 5) is 81.4. The number of hydrogen-bond acceptors (Lipinski definition) is 10. The average molecular weight is 1090 g/mol. The highest BCUT2D eigenvalue weighted by atomic mass is 35.5. The molecule has 0 aliphatic rings. The summed E-state index contributed by atoms with van der Waals surface area (Å²) < 4.78 is 0. The number of unbranched alkanes of at least 4 members (excludes halogenated alkanes) is 2. The number of pyridine rings is 4. The van der Waals surface area contributed by atoms with Crippen LogP contribution >= 0.6 is 34.8 Å². The van der Waals surface area contributed by atoms with Crippen molar-refractivity contribution in [1.29, 1.82) is 0 Å². The van der Waals surface area contributed by atoms with Crippen molar-refractivity contribution in [3.8, 4) is 22.3 Å². The first-order valence-electron chi connectivity index (χ1n) is 23.6. The molecule has 0 spiro atoms. The number of nitrogen functional groups attached to an aromatic ring is 1. The summed E-state index contributed by atoms with van der Waals surface area (Å²) in [6, 6.07) is 27.0. The standard InChI is InChI=1S/C24H22ClN5O2.C12H15ClN2O3.C12H9N3.C7H6ClNO2/c1-2-3-10-27-24(32)30-20-8-4-7-17(21(20)25)22(31)19-14-29-23-18(19)11-16(13-28-23)15-6-5-9-26-12-15;1-2-3-7-14-12(18)15-9-6-4-5-8(10(9)13)11(16)17;1-2-10(7-13-4-1)11-6-9-3-5-14-12(9)15-8-11;8-6-4(7(10)11)2-1-3-5(6)9/h4-9,11-14H,2-3,10H2,1H3,(H,28,29)(H2,27,30,32);4-6H,2-3,7H2,1H3,(H,16,17)(H2,14,15,18);1-8H,(H,14,15);1-3H,9H2,(H,10,11). The molecule has 0 bridgehead atoms. The van der Waals surface area contributed by atoms with E-state index in [0.29, 0.717) is 40.9 Å². The van der Waals surface area contributed by atoms with Gasteiger partial charge in [0, 0.05) is 107 Å². The van der Waals surface area contributed by atoms with Crippen LogP contribution in [0.4, 0.5) is 26.7 Å². The van der Waals surface area contributed by atoms with E-state index in [1.54, 1.807) is 67.4 Å². The van der Waals surface area contributed by atoms with E-state index in [-0.39, 0.29) is 49.4 Å². The van der Waals surface area contributed by atoms with E-state index in [4.69, 9.17) is 50.7 Å².